The molecule has 146 valence electrons. The largest absolute Gasteiger partial charge is 0.354 e. The number of para-hydroxylation sites is 2. The van der Waals surface area contributed by atoms with E-state index in [9.17, 15) is 0 Å². The fourth-order valence-electron chi connectivity index (χ4n) is 4.20. The first-order valence-electron chi connectivity index (χ1n) is 10.4. The van der Waals surface area contributed by atoms with Crippen LogP contribution in [0.1, 0.15) is 0 Å². The topological polar surface area (TPSA) is 41.6 Å². The minimum Gasteiger partial charge on any atom is -0.354 e. The average Bonchev–Trinajstić information content (AvgIpc) is 3.24. The fraction of sp³-hybridized carbons (Fsp3) is 0. The van der Waals surface area contributed by atoms with Crippen LogP contribution in [0.4, 0.5) is 0 Å². The second-order valence-electron chi connectivity index (χ2n) is 7.60. The van der Waals surface area contributed by atoms with Crippen molar-refractivity contribution in [3.05, 3.63) is 109 Å². The molecule has 3 aromatic heterocycles. The van der Waals surface area contributed by atoms with Gasteiger partial charge in [0.05, 0.1) is 22.6 Å². The van der Waals surface area contributed by atoms with Gasteiger partial charge in [0.2, 0.25) is 0 Å². The van der Waals surface area contributed by atoms with Crippen LogP contribution >= 0.6 is 0 Å². The zero-order valence-corrected chi connectivity index (χ0v) is 16.8. The summed E-state index contributed by atoms with van der Waals surface area (Å²) in [4.78, 5) is 13.1. The molecule has 0 aliphatic rings. The Morgan fingerprint density at radius 3 is 2.16 bits per heavy atom. The highest BCUT2D eigenvalue weighted by atomic mass is 14.7. The van der Waals surface area contributed by atoms with Crippen molar-refractivity contribution in [1.29, 1.82) is 0 Å². The summed E-state index contributed by atoms with van der Waals surface area (Å²) in [6.45, 7) is 0. The van der Waals surface area contributed by atoms with Gasteiger partial charge >= 0.3 is 0 Å². The Morgan fingerprint density at radius 1 is 0.548 bits per heavy atom. The van der Waals surface area contributed by atoms with Gasteiger partial charge < -0.3 is 4.98 Å². The van der Waals surface area contributed by atoms with Crippen molar-refractivity contribution >= 4 is 21.8 Å². The van der Waals surface area contributed by atoms with Crippen LogP contribution in [0.3, 0.4) is 0 Å². The van der Waals surface area contributed by atoms with Crippen molar-refractivity contribution in [3.8, 4) is 33.8 Å². The number of hydrogen-bond acceptors (Lipinski definition) is 2. The van der Waals surface area contributed by atoms with E-state index in [-0.39, 0.29) is 0 Å². The van der Waals surface area contributed by atoms with Crippen LogP contribution in [0.15, 0.2) is 109 Å². The number of pyridine rings is 2. The zero-order valence-electron chi connectivity index (χ0n) is 16.8. The molecule has 1 N–H and O–H groups in total. The summed E-state index contributed by atoms with van der Waals surface area (Å²) in [5.74, 6) is 0. The first-order valence-corrected chi connectivity index (χ1v) is 10.4. The molecule has 0 unspecified atom stereocenters. The number of nitrogens with one attached hydrogen (secondary N) is 1. The van der Waals surface area contributed by atoms with Crippen molar-refractivity contribution in [2.75, 3.05) is 0 Å². The molecule has 31 heavy (non-hydrogen) atoms. The van der Waals surface area contributed by atoms with Crippen molar-refractivity contribution in [1.82, 2.24) is 15.0 Å². The van der Waals surface area contributed by atoms with Crippen molar-refractivity contribution in [3.63, 3.8) is 0 Å². The predicted octanol–water partition coefficient (Wildman–Crippen LogP) is 7.11. The number of fused-ring (bicyclic) bond motifs is 3. The number of aromatic amines is 1. The Morgan fingerprint density at radius 2 is 1.26 bits per heavy atom. The second-order valence-corrected chi connectivity index (χ2v) is 7.60. The lowest BCUT2D eigenvalue weighted by atomic mass is 10.0. The third-order valence-electron chi connectivity index (χ3n) is 5.69. The molecular weight excluding hydrogens is 378 g/mol. The lowest BCUT2D eigenvalue weighted by Gasteiger charge is -2.08. The highest BCUT2D eigenvalue weighted by molar-refractivity contribution is 6.11. The van der Waals surface area contributed by atoms with Crippen LogP contribution in [0.25, 0.3) is 55.6 Å². The van der Waals surface area contributed by atoms with Gasteiger partial charge in [0.15, 0.2) is 0 Å². The third-order valence-corrected chi connectivity index (χ3v) is 5.69. The maximum Gasteiger partial charge on any atom is 0.0730 e. The van der Waals surface area contributed by atoms with E-state index in [1.807, 2.05) is 24.4 Å². The lowest BCUT2D eigenvalue weighted by molar-refractivity contribution is 1.31. The Hall–Kier alpha value is -4.24. The summed E-state index contributed by atoms with van der Waals surface area (Å²) in [7, 11) is 0. The summed E-state index contributed by atoms with van der Waals surface area (Å²) in [5.41, 5.74) is 8.40. The second kappa shape index (κ2) is 7.22. The quantitative estimate of drug-likeness (QED) is 0.346. The maximum atomic E-state index is 5.03. The first kappa shape index (κ1) is 17.6. The van der Waals surface area contributed by atoms with Crippen LogP contribution in [0.2, 0.25) is 0 Å². The molecule has 0 amide bonds. The standard InChI is InChI=1S/C28H19N3/c1-2-14-26-21(10-1)22-11-6-12-23(28(22)31-26)27-16-7-15-25(30-27)20-9-5-8-19(18-20)24-13-3-4-17-29-24/h1-18,31H. The molecule has 0 aliphatic carbocycles. The van der Waals surface area contributed by atoms with Gasteiger partial charge in [-0.1, -0.05) is 66.7 Å². The van der Waals surface area contributed by atoms with Gasteiger partial charge in [0.25, 0.3) is 0 Å². The Balaban J connectivity index is 1.48. The molecule has 3 heteroatoms. The predicted molar refractivity (Wildman–Crippen MR) is 128 cm³/mol. The van der Waals surface area contributed by atoms with E-state index in [2.05, 4.69) is 94.9 Å². The van der Waals surface area contributed by atoms with Gasteiger partial charge in [0, 0.05) is 39.2 Å². The van der Waals surface area contributed by atoms with Crippen LogP contribution in [0.5, 0.6) is 0 Å². The van der Waals surface area contributed by atoms with Gasteiger partial charge in [-0.05, 0) is 36.4 Å². The molecule has 0 fully saturated rings. The molecule has 0 radical (unpaired) electrons. The lowest BCUT2D eigenvalue weighted by Crippen LogP contribution is -1.90. The molecule has 3 aromatic carbocycles. The fourth-order valence-corrected chi connectivity index (χ4v) is 4.20. The molecule has 6 rings (SSSR count). The highest BCUT2D eigenvalue weighted by Gasteiger charge is 2.11. The van der Waals surface area contributed by atoms with Gasteiger partial charge in [-0.25, -0.2) is 4.98 Å². The van der Waals surface area contributed by atoms with E-state index in [0.717, 1.165) is 44.8 Å². The summed E-state index contributed by atoms with van der Waals surface area (Å²) in [6.07, 6.45) is 1.82. The van der Waals surface area contributed by atoms with E-state index in [4.69, 9.17) is 4.98 Å². The highest BCUT2D eigenvalue weighted by Crippen LogP contribution is 2.33. The summed E-state index contributed by atoms with van der Waals surface area (Å²) in [6, 6.07) is 35.4. The Kier molecular flexibility index (Phi) is 4.10. The molecule has 0 spiro atoms. The number of H-pyrrole nitrogens is 1. The molecule has 0 saturated heterocycles. The number of nitrogens with zero attached hydrogens (tertiary/aromatic N) is 2. The van der Waals surface area contributed by atoms with E-state index < -0.39 is 0 Å². The van der Waals surface area contributed by atoms with Gasteiger partial charge in [-0.2, -0.15) is 0 Å². The molecule has 0 saturated carbocycles. The summed E-state index contributed by atoms with van der Waals surface area (Å²) >= 11 is 0. The van der Waals surface area contributed by atoms with Crippen molar-refractivity contribution in [2.45, 2.75) is 0 Å². The first-order chi connectivity index (χ1) is 15.4. The van der Waals surface area contributed by atoms with Crippen molar-refractivity contribution < 1.29 is 0 Å². The number of aromatic nitrogens is 3. The SMILES string of the molecule is c1ccc(-c2cccc(-c3cccc(-c4cccc5c4[nH]c4ccccc45)n3)c2)nc1. The van der Waals surface area contributed by atoms with E-state index in [1.165, 1.54) is 10.8 Å². The summed E-state index contributed by atoms with van der Waals surface area (Å²) in [5, 5.41) is 2.45. The minimum atomic E-state index is 0.948. The maximum absolute atomic E-state index is 5.03. The summed E-state index contributed by atoms with van der Waals surface area (Å²) < 4.78 is 0. The molecule has 0 atom stereocenters. The average molecular weight is 397 g/mol. The van der Waals surface area contributed by atoms with E-state index in [0.29, 0.717) is 0 Å². The van der Waals surface area contributed by atoms with Crippen LogP contribution in [-0.2, 0) is 0 Å². The van der Waals surface area contributed by atoms with Gasteiger partial charge in [-0.15, -0.1) is 0 Å². The number of benzene rings is 3. The molecule has 0 aliphatic heterocycles. The molecule has 3 heterocycles. The van der Waals surface area contributed by atoms with E-state index >= 15 is 0 Å². The van der Waals surface area contributed by atoms with Crippen molar-refractivity contribution in [2.24, 2.45) is 0 Å². The minimum absolute atomic E-state index is 0.948. The Labute approximate surface area is 180 Å². The van der Waals surface area contributed by atoms with Gasteiger partial charge in [-0.3, -0.25) is 4.98 Å². The van der Waals surface area contributed by atoms with E-state index in [1.54, 1.807) is 0 Å². The van der Waals surface area contributed by atoms with Crippen LogP contribution in [-0.4, -0.2) is 15.0 Å². The van der Waals surface area contributed by atoms with Crippen LogP contribution in [0, 0.1) is 0 Å². The number of rotatable bonds is 3. The molecule has 3 nitrogen and oxygen atoms in total. The third kappa shape index (κ3) is 3.08. The zero-order chi connectivity index (χ0) is 20.6. The molecule has 0 bridgehead atoms. The number of hydrogen-bond donors (Lipinski definition) is 1. The van der Waals surface area contributed by atoms with Gasteiger partial charge in [0.1, 0.15) is 0 Å². The Bertz CT molecular complexity index is 1530. The smallest absolute Gasteiger partial charge is 0.0730 e. The monoisotopic (exact) mass is 397 g/mol. The normalized spacial score (nSPS) is 11.2. The van der Waals surface area contributed by atoms with Crippen LogP contribution < -0.4 is 0 Å². The molecule has 6 aromatic rings. The molecular formula is C28H19N3.